The summed E-state index contributed by atoms with van der Waals surface area (Å²) in [6.45, 7) is 0. The first-order valence-electron chi connectivity index (χ1n) is 5.31. The Bertz CT molecular complexity index is 445. The number of hydrogen-bond donors (Lipinski definition) is 1. The van der Waals surface area contributed by atoms with Crippen molar-refractivity contribution in [1.29, 1.82) is 0 Å². The summed E-state index contributed by atoms with van der Waals surface area (Å²) in [6.07, 6.45) is -5.60. The molecule has 0 aliphatic rings. The third-order valence-corrected chi connectivity index (χ3v) is 2.70. The molecule has 106 valence electrons. The Kier molecular flexibility index (Phi) is 4.41. The summed E-state index contributed by atoms with van der Waals surface area (Å²) in [5, 5.41) is 0. The van der Waals surface area contributed by atoms with Crippen molar-refractivity contribution in [3.8, 4) is 5.75 Å². The largest absolute Gasteiger partial charge is 0.497 e. The molecule has 0 aromatic heterocycles. The van der Waals surface area contributed by atoms with E-state index in [1.165, 1.54) is 31.4 Å². The molecule has 0 radical (unpaired) electrons. The highest BCUT2D eigenvalue weighted by Crippen LogP contribution is 2.32. The molecule has 0 saturated carbocycles. The summed E-state index contributed by atoms with van der Waals surface area (Å²) in [7, 11) is 2.30. The number of benzene rings is 1. The first-order chi connectivity index (χ1) is 8.74. The van der Waals surface area contributed by atoms with E-state index in [-0.39, 0.29) is 5.56 Å². The lowest BCUT2D eigenvalue weighted by Gasteiger charge is -2.28. The van der Waals surface area contributed by atoms with Crippen LogP contribution in [0.1, 0.15) is 5.56 Å². The number of alkyl halides is 3. The zero-order valence-corrected chi connectivity index (χ0v) is 10.5. The summed E-state index contributed by atoms with van der Waals surface area (Å²) in [5.74, 6) is -1.02. The molecule has 1 unspecified atom stereocenters. The molecular formula is C12H14F3NO3. The van der Waals surface area contributed by atoms with Crippen LogP contribution >= 0.6 is 0 Å². The van der Waals surface area contributed by atoms with Crippen LogP contribution in [-0.4, -0.2) is 31.9 Å². The topological polar surface area (TPSA) is 61.5 Å². The van der Waals surface area contributed by atoms with Gasteiger partial charge in [-0.25, -0.2) is 4.79 Å². The lowest BCUT2D eigenvalue weighted by molar-refractivity contribution is -0.203. The fourth-order valence-electron chi connectivity index (χ4n) is 1.54. The number of esters is 1. The van der Waals surface area contributed by atoms with Gasteiger partial charge in [-0.05, 0) is 17.7 Å². The molecule has 0 bridgehead atoms. The monoisotopic (exact) mass is 277 g/mol. The molecule has 1 aromatic carbocycles. The SMILES string of the molecule is COC(=O)C(N)(Cc1ccc(OC)cc1)C(F)(F)F. The molecule has 0 heterocycles. The Hall–Kier alpha value is -1.76. The van der Waals surface area contributed by atoms with Gasteiger partial charge in [0.15, 0.2) is 0 Å². The third kappa shape index (κ3) is 3.17. The summed E-state index contributed by atoms with van der Waals surface area (Å²) in [5.41, 5.74) is 2.40. The summed E-state index contributed by atoms with van der Waals surface area (Å²) in [6, 6.07) is 5.80. The lowest BCUT2D eigenvalue weighted by Crippen LogP contribution is -2.61. The molecule has 1 aromatic rings. The molecule has 0 saturated heterocycles. The number of ether oxygens (including phenoxy) is 2. The zero-order valence-electron chi connectivity index (χ0n) is 10.5. The molecule has 1 atom stereocenters. The molecule has 0 aliphatic heterocycles. The highest BCUT2D eigenvalue weighted by Gasteiger charge is 2.58. The van der Waals surface area contributed by atoms with E-state index < -0.39 is 24.1 Å². The van der Waals surface area contributed by atoms with Gasteiger partial charge in [-0.15, -0.1) is 0 Å². The molecule has 0 fully saturated rings. The van der Waals surface area contributed by atoms with E-state index in [0.717, 1.165) is 7.11 Å². The summed E-state index contributed by atoms with van der Waals surface area (Å²) in [4.78, 5) is 11.3. The number of hydrogen-bond acceptors (Lipinski definition) is 4. The van der Waals surface area contributed by atoms with E-state index in [4.69, 9.17) is 10.5 Å². The van der Waals surface area contributed by atoms with Crippen LogP contribution in [0.4, 0.5) is 13.2 Å². The quantitative estimate of drug-likeness (QED) is 0.850. The van der Waals surface area contributed by atoms with E-state index in [9.17, 15) is 18.0 Å². The molecular weight excluding hydrogens is 263 g/mol. The first kappa shape index (κ1) is 15.3. The standard InChI is InChI=1S/C12H14F3NO3/c1-18-9-5-3-8(4-6-9)7-11(16,10(17)19-2)12(13,14)15/h3-6H,7,16H2,1-2H3. The van der Waals surface area contributed by atoms with E-state index in [2.05, 4.69) is 4.74 Å². The Morgan fingerprint density at radius 3 is 2.11 bits per heavy atom. The molecule has 0 spiro atoms. The Labute approximate surface area is 108 Å². The van der Waals surface area contributed by atoms with Crippen LogP contribution in [0.2, 0.25) is 0 Å². The number of nitrogens with two attached hydrogens (primary N) is 1. The smallest absolute Gasteiger partial charge is 0.417 e. The second-order valence-electron chi connectivity index (χ2n) is 3.99. The average Bonchev–Trinajstić information content (AvgIpc) is 2.37. The maximum Gasteiger partial charge on any atom is 0.417 e. The Morgan fingerprint density at radius 1 is 1.21 bits per heavy atom. The van der Waals surface area contributed by atoms with Crippen molar-refractivity contribution < 1.29 is 27.4 Å². The van der Waals surface area contributed by atoms with Crippen molar-refractivity contribution in [1.82, 2.24) is 0 Å². The first-order valence-corrected chi connectivity index (χ1v) is 5.31. The van der Waals surface area contributed by atoms with Crippen LogP contribution < -0.4 is 10.5 Å². The predicted molar refractivity (Wildman–Crippen MR) is 61.7 cm³/mol. The van der Waals surface area contributed by atoms with E-state index >= 15 is 0 Å². The molecule has 0 aliphatic carbocycles. The fraction of sp³-hybridized carbons (Fsp3) is 0.417. The summed E-state index contributed by atoms with van der Waals surface area (Å²) >= 11 is 0. The van der Waals surface area contributed by atoms with Crippen LogP contribution in [0.3, 0.4) is 0 Å². The average molecular weight is 277 g/mol. The number of carbonyl (C=O) groups is 1. The van der Waals surface area contributed by atoms with Gasteiger partial charge >= 0.3 is 12.1 Å². The minimum Gasteiger partial charge on any atom is -0.497 e. The van der Waals surface area contributed by atoms with Crippen LogP contribution in [0, 0.1) is 0 Å². The van der Waals surface area contributed by atoms with Gasteiger partial charge in [0.05, 0.1) is 14.2 Å². The van der Waals surface area contributed by atoms with Crippen LogP contribution in [0.15, 0.2) is 24.3 Å². The van der Waals surface area contributed by atoms with Crippen molar-refractivity contribution in [2.45, 2.75) is 18.1 Å². The highest BCUT2D eigenvalue weighted by molar-refractivity contribution is 5.82. The van der Waals surface area contributed by atoms with Crippen molar-refractivity contribution >= 4 is 5.97 Å². The van der Waals surface area contributed by atoms with Gasteiger partial charge in [0.2, 0.25) is 5.54 Å². The van der Waals surface area contributed by atoms with Gasteiger partial charge in [0.25, 0.3) is 0 Å². The zero-order chi connectivity index (χ0) is 14.7. The van der Waals surface area contributed by atoms with Gasteiger partial charge in [-0.3, -0.25) is 0 Å². The number of methoxy groups -OCH3 is 2. The number of halogens is 3. The van der Waals surface area contributed by atoms with Gasteiger partial charge in [0, 0.05) is 6.42 Å². The third-order valence-electron chi connectivity index (χ3n) is 2.70. The molecule has 0 amide bonds. The number of carbonyl (C=O) groups excluding carboxylic acids is 1. The Balaban J connectivity index is 3.04. The van der Waals surface area contributed by atoms with E-state index in [1.807, 2.05) is 0 Å². The van der Waals surface area contributed by atoms with Gasteiger partial charge in [0.1, 0.15) is 5.75 Å². The molecule has 19 heavy (non-hydrogen) atoms. The summed E-state index contributed by atoms with van der Waals surface area (Å²) < 4.78 is 47.8. The molecule has 2 N–H and O–H groups in total. The van der Waals surface area contributed by atoms with Crippen molar-refractivity contribution in [2.75, 3.05) is 14.2 Å². The van der Waals surface area contributed by atoms with Crippen molar-refractivity contribution in [2.24, 2.45) is 5.73 Å². The highest BCUT2D eigenvalue weighted by atomic mass is 19.4. The maximum absolute atomic E-state index is 12.9. The van der Waals surface area contributed by atoms with Gasteiger partial charge in [-0.1, -0.05) is 12.1 Å². The fourth-order valence-corrected chi connectivity index (χ4v) is 1.54. The normalized spacial score (nSPS) is 14.6. The number of rotatable bonds is 4. The van der Waals surface area contributed by atoms with Crippen LogP contribution in [-0.2, 0) is 16.0 Å². The van der Waals surface area contributed by atoms with Crippen molar-refractivity contribution in [3.63, 3.8) is 0 Å². The lowest BCUT2D eigenvalue weighted by atomic mass is 9.91. The van der Waals surface area contributed by atoms with Crippen LogP contribution in [0.5, 0.6) is 5.75 Å². The van der Waals surface area contributed by atoms with E-state index in [0.29, 0.717) is 5.75 Å². The minimum absolute atomic E-state index is 0.256. The molecule has 7 heteroatoms. The molecule has 4 nitrogen and oxygen atoms in total. The van der Waals surface area contributed by atoms with Crippen LogP contribution in [0.25, 0.3) is 0 Å². The minimum atomic E-state index is -4.90. The van der Waals surface area contributed by atoms with Gasteiger partial charge in [-0.2, -0.15) is 13.2 Å². The second-order valence-corrected chi connectivity index (χ2v) is 3.99. The Morgan fingerprint density at radius 2 is 1.74 bits per heavy atom. The van der Waals surface area contributed by atoms with Gasteiger partial charge < -0.3 is 15.2 Å². The maximum atomic E-state index is 12.9. The van der Waals surface area contributed by atoms with Crippen molar-refractivity contribution in [3.05, 3.63) is 29.8 Å². The molecule has 1 rings (SSSR count). The second kappa shape index (κ2) is 5.48. The van der Waals surface area contributed by atoms with E-state index in [1.54, 1.807) is 0 Å². The predicted octanol–water partition coefficient (Wildman–Crippen LogP) is 1.67.